The van der Waals surface area contributed by atoms with Crippen LogP contribution in [-0.2, 0) is 0 Å². The number of thiazole rings is 1. The number of aryl methyl sites for hydroxylation is 2. The molecule has 7 nitrogen and oxygen atoms in total. The van der Waals surface area contributed by atoms with Crippen LogP contribution in [0.4, 0.5) is 11.4 Å². The van der Waals surface area contributed by atoms with Crippen molar-refractivity contribution in [3.8, 4) is 23.1 Å². The zero-order valence-corrected chi connectivity index (χ0v) is 16.9. The lowest BCUT2D eigenvalue weighted by Gasteiger charge is -2.05. The number of nitrogens with one attached hydrogen (secondary N) is 1. The summed E-state index contributed by atoms with van der Waals surface area (Å²) in [6.07, 6.45) is 1.43. The monoisotopic (exact) mass is 406 g/mol. The van der Waals surface area contributed by atoms with Crippen LogP contribution in [-0.4, -0.2) is 17.0 Å². The highest BCUT2D eigenvalue weighted by atomic mass is 32.1. The normalized spacial score (nSPS) is 11.0. The molecule has 0 spiro atoms. The smallest absolute Gasteiger partial charge is 0.296 e. The summed E-state index contributed by atoms with van der Waals surface area (Å²) in [5.41, 5.74) is 4.48. The van der Waals surface area contributed by atoms with Crippen LogP contribution in [0, 0.1) is 35.3 Å². The van der Waals surface area contributed by atoms with Gasteiger partial charge in [-0.05, 0) is 31.5 Å². The Morgan fingerprint density at radius 2 is 2.10 bits per heavy atom. The van der Waals surface area contributed by atoms with Gasteiger partial charge in [0.2, 0.25) is 0 Å². The average Bonchev–Trinajstić information content (AvgIpc) is 3.18. The minimum atomic E-state index is -0.508. The number of hydrogen-bond acceptors (Lipinski definition) is 7. The van der Waals surface area contributed by atoms with Crippen molar-refractivity contribution in [2.24, 2.45) is 0 Å². The first-order chi connectivity index (χ1) is 13.9. The number of benzene rings is 2. The number of allylic oxidation sites excluding steroid dienone is 1. The summed E-state index contributed by atoms with van der Waals surface area (Å²) in [7, 11) is 1.44. The van der Waals surface area contributed by atoms with E-state index in [0.717, 1.165) is 16.8 Å². The van der Waals surface area contributed by atoms with Crippen LogP contribution in [0.15, 0.2) is 48.0 Å². The molecule has 0 radical (unpaired) electrons. The summed E-state index contributed by atoms with van der Waals surface area (Å²) in [6.45, 7) is 4.05. The van der Waals surface area contributed by atoms with Crippen LogP contribution in [0.2, 0.25) is 0 Å². The predicted molar refractivity (Wildman–Crippen MR) is 114 cm³/mol. The van der Waals surface area contributed by atoms with E-state index in [9.17, 15) is 15.4 Å². The fourth-order valence-corrected chi connectivity index (χ4v) is 3.61. The van der Waals surface area contributed by atoms with E-state index < -0.39 is 4.92 Å². The van der Waals surface area contributed by atoms with E-state index in [4.69, 9.17) is 4.74 Å². The van der Waals surface area contributed by atoms with E-state index in [-0.39, 0.29) is 16.9 Å². The van der Waals surface area contributed by atoms with Gasteiger partial charge >= 0.3 is 0 Å². The average molecular weight is 406 g/mol. The number of aromatic nitrogens is 1. The summed E-state index contributed by atoms with van der Waals surface area (Å²) < 4.78 is 5.03. The molecule has 1 N–H and O–H groups in total. The van der Waals surface area contributed by atoms with Gasteiger partial charge in [-0.1, -0.05) is 23.8 Å². The molecule has 8 heteroatoms. The summed E-state index contributed by atoms with van der Waals surface area (Å²) in [5.74, 6) is 0.379. The van der Waals surface area contributed by atoms with Crippen molar-refractivity contribution < 1.29 is 9.66 Å². The lowest BCUT2D eigenvalue weighted by Crippen LogP contribution is -1.98. The first kappa shape index (κ1) is 20.0. The summed E-state index contributed by atoms with van der Waals surface area (Å²) in [6, 6.07) is 12.7. The van der Waals surface area contributed by atoms with Crippen molar-refractivity contribution in [1.82, 2.24) is 4.98 Å². The number of nitrogens with zero attached hydrogens (tertiary/aromatic N) is 3. The summed E-state index contributed by atoms with van der Waals surface area (Å²) in [5, 5.41) is 26.1. The van der Waals surface area contributed by atoms with Gasteiger partial charge in [-0.2, -0.15) is 5.26 Å². The van der Waals surface area contributed by atoms with Crippen LogP contribution in [0.25, 0.3) is 16.8 Å². The molecule has 0 atom stereocenters. The van der Waals surface area contributed by atoms with Gasteiger partial charge in [-0.25, -0.2) is 4.98 Å². The number of nitro benzene ring substituents is 1. The highest BCUT2D eigenvalue weighted by Crippen LogP contribution is 2.31. The molecule has 1 heterocycles. The van der Waals surface area contributed by atoms with Crippen molar-refractivity contribution in [2.75, 3.05) is 12.4 Å². The van der Waals surface area contributed by atoms with Gasteiger partial charge in [-0.3, -0.25) is 10.1 Å². The third-order valence-corrected chi connectivity index (χ3v) is 5.16. The first-order valence-corrected chi connectivity index (χ1v) is 9.53. The van der Waals surface area contributed by atoms with Crippen LogP contribution in [0.5, 0.6) is 5.75 Å². The maximum atomic E-state index is 11.3. The second-order valence-electron chi connectivity index (χ2n) is 6.31. The molecule has 0 unspecified atom stereocenters. The van der Waals surface area contributed by atoms with Crippen LogP contribution < -0.4 is 10.1 Å². The molecule has 1 aromatic heterocycles. The van der Waals surface area contributed by atoms with Gasteiger partial charge in [-0.15, -0.1) is 11.3 Å². The lowest BCUT2D eigenvalue weighted by molar-refractivity contribution is -0.384. The fraction of sp³-hybridized carbons (Fsp3) is 0.143. The van der Waals surface area contributed by atoms with Crippen LogP contribution >= 0.6 is 11.3 Å². The molecule has 0 aliphatic heterocycles. The Balaban J connectivity index is 1.90. The van der Waals surface area contributed by atoms with E-state index in [1.54, 1.807) is 6.07 Å². The van der Waals surface area contributed by atoms with Crippen molar-refractivity contribution in [3.63, 3.8) is 0 Å². The van der Waals surface area contributed by atoms with Gasteiger partial charge in [0.05, 0.1) is 23.8 Å². The second-order valence-corrected chi connectivity index (χ2v) is 7.17. The van der Waals surface area contributed by atoms with Crippen molar-refractivity contribution in [2.45, 2.75) is 13.8 Å². The van der Waals surface area contributed by atoms with Gasteiger partial charge in [0.15, 0.2) is 0 Å². The second kappa shape index (κ2) is 8.54. The molecule has 0 amide bonds. The molecular weight excluding hydrogens is 388 g/mol. The number of methoxy groups -OCH3 is 1. The van der Waals surface area contributed by atoms with Crippen LogP contribution in [0.3, 0.4) is 0 Å². The Hall–Kier alpha value is -3.70. The lowest BCUT2D eigenvalue weighted by atomic mass is 10.0. The SMILES string of the molecule is COc1ccc(N/C=C(\C#N)c2nc(-c3ccc(C)cc3C)cs2)c([N+](=O)[O-])c1. The summed E-state index contributed by atoms with van der Waals surface area (Å²) in [4.78, 5) is 15.4. The topological polar surface area (TPSA) is 101 Å². The molecule has 0 saturated carbocycles. The van der Waals surface area contributed by atoms with Gasteiger partial charge in [0, 0.05) is 17.1 Å². The number of nitriles is 1. The minimum Gasteiger partial charge on any atom is -0.496 e. The highest BCUT2D eigenvalue weighted by Gasteiger charge is 2.15. The minimum absolute atomic E-state index is 0.145. The van der Waals surface area contributed by atoms with Gasteiger partial charge < -0.3 is 10.1 Å². The molecule has 2 aromatic carbocycles. The quantitative estimate of drug-likeness (QED) is 0.338. The van der Waals surface area contributed by atoms with Crippen molar-refractivity contribution >= 4 is 28.3 Å². The van der Waals surface area contributed by atoms with E-state index in [1.807, 2.05) is 31.4 Å². The van der Waals surface area contributed by atoms with Gasteiger partial charge in [0.1, 0.15) is 28.1 Å². The number of anilines is 1. The van der Waals surface area contributed by atoms with E-state index in [0.29, 0.717) is 10.8 Å². The third kappa shape index (κ3) is 4.42. The maximum absolute atomic E-state index is 11.3. The van der Waals surface area contributed by atoms with Crippen LogP contribution in [0.1, 0.15) is 16.1 Å². The molecule has 0 aliphatic rings. The number of ether oxygens (including phenoxy) is 1. The molecule has 0 fully saturated rings. The number of hydrogen-bond donors (Lipinski definition) is 1. The Kier molecular flexibility index (Phi) is 5.90. The Morgan fingerprint density at radius 1 is 1.31 bits per heavy atom. The maximum Gasteiger partial charge on any atom is 0.296 e. The number of nitro groups is 1. The molecule has 0 saturated heterocycles. The van der Waals surface area contributed by atoms with Crippen molar-refractivity contribution in [3.05, 3.63) is 74.2 Å². The Morgan fingerprint density at radius 3 is 2.76 bits per heavy atom. The van der Waals surface area contributed by atoms with E-state index in [2.05, 4.69) is 22.4 Å². The first-order valence-electron chi connectivity index (χ1n) is 8.65. The molecule has 29 heavy (non-hydrogen) atoms. The van der Waals surface area contributed by atoms with E-state index >= 15 is 0 Å². The molecule has 0 bridgehead atoms. The molecule has 0 aliphatic carbocycles. The Bertz CT molecular complexity index is 1150. The number of rotatable bonds is 6. The molecule has 3 aromatic rings. The van der Waals surface area contributed by atoms with Gasteiger partial charge in [0.25, 0.3) is 5.69 Å². The van der Waals surface area contributed by atoms with Crippen molar-refractivity contribution in [1.29, 1.82) is 5.26 Å². The zero-order chi connectivity index (χ0) is 21.0. The highest BCUT2D eigenvalue weighted by molar-refractivity contribution is 7.11. The third-order valence-electron chi connectivity index (χ3n) is 4.29. The molecule has 3 rings (SSSR count). The standard InChI is InChI=1S/C21H18N4O3S/c1-13-4-6-17(14(2)8-13)19-12-29-21(24-19)15(10-22)11-23-18-7-5-16(28-3)9-20(18)25(26)27/h4-9,11-12,23H,1-3H3/b15-11+. The molecular formula is C21H18N4O3S. The Labute approximate surface area is 172 Å². The van der Waals surface area contributed by atoms with E-state index in [1.165, 1.54) is 42.3 Å². The molecule has 146 valence electrons. The fourth-order valence-electron chi connectivity index (χ4n) is 2.83. The summed E-state index contributed by atoms with van der Waals surface area (Å²) >= 11 is 1.35. The zero-order valence-electron chi connectivity index (χ0n) is 16.1. The predicted octanol–water partition coefficient (Wildman–Crippen LogP) is 5.32. The largest absolute Gasteiger partial charge is 0.496 e.